The molecular weight excluding hydrogens is 444 g/mol. The van der Waals surface area contributed by atoms with Crippen molar-refractivity contribution in [3.8, 4) is 11.1 Å². The molecule has 0 radical (unpaired) electrons. The molecule has 3 aromatic heterocycles. The van der Waals surface area contributed by atoms with Crippen LogP contribution in [0.1, 0.15) is 56.7 Å². The number of aryl methyl sites for hydroxylation is 2. The predicted octanol–water partition coefficient (Wildman–Crippen LogP) is 5.78. The van der Waals surface area contributed by atoms with E-state index in [0.29, 0.717) is 15.0 Å². The first-order valence-electron chi connectivity index (χ1n) is 10.1. The Morgan fingerprint density at radius 3 is 2.87 bits per heavy atom. The van der Waals surface area contributed by atoms with Crippen LogP contribution < -0.4 is 0 Å². The zero-order valence-corrected chi connectivity index (χ0v) is 19.6. The molecule has 156 valence electrons. The summed E-state index contributed by atoms with van der Waals surface area (Å²) in [5.74, 6) is -0.631. The van der Waals surface area contributed by atoms with Crippen LogP contribution in [0.15, 0.2) is 22.5 Å². The van der Waals surface area contributed by atoms with E-state index in [4.69, 9.17) is 5.41 Å². The van der Waals surface area contributed by atoms with Gasteiger partial charge in [-0.3, -0.25) is 10.2 Å². The lowest BCUT2D eigenvalue weighted by Gasteiger charge is -2.10. The number of thiazole rings is 1. The second kappa shape index (κ2) is 7.90. The number of hydrogen-bond donors (Lipinski definition) is 1. The molecule has 1 fully saturated rings. The molecule has 1 atom stereocenters. The van der Waals surface area contributed by atoms with E-state index >= 15 is 0 Å². The van der Waals surface area contributed by atoms with Crippen molar-refractivity contribution in [3.05, 3.63) is 60.5 Å². The van der Waals surface area contributed by atoms with Crippen molar-refractivity contribution < 1.29 is 4.79 Å². The summed E-state index contributed by atoms with van der Waals surface area (Å²) in [7, 11) is 0. The number of thioether (sulfide) groups is 1. The number of fused-ring (bicyclic) bond motifs is 1. The van der Waals surface area contributed by atoms with Crippen molar-refractivity contribution in [1.82, 2.24) is 9.55 Å². The molecule has 8 heteroatoms. The molecule has 5 rings (SSSR count). The monoisotopic (exact) mass is 464 g/mol. The number of hydrogen-bond acceptors (Lipinski definition) is 7. The fourth-order valence-corrected chi connectivity index (χ4v) is 7.65. The lowest BCUT2D eigenvalue weighted by molar-refractivity contribution is -0.114. The molecule has 0 bridgehead atoms. The minimum atomic E-state index is -0.575. The summed E-state index contributed by atoms with van der Waals surface area (Å²) in [4.78, 5) is 19.2. The van der Waals surface area contributed by atoms with Crippen LogP contribution >= 0.6 is 34.4 Å². The summed E-state index contributed by atoms with van der Waals surface area (Å²) in [6.45, 7) is 4.08. The number of Topliss-reactive ketones (excluding diaryl/α,β-unsaturated/α-hetero) is 1. The number of thiophene rings is 1. The van der Waals surface area contributed by atoms with Gasteiger partial charge in [-0.2, -0.15) is 5.26 Å². The molecule has 0 saturated carbocycles. The van der Waals surface area contributed by atoms with Crippen molar-refractivity contribution in [2.24, 2.45) is 0 Å². The van der Waals surface area contributed by atoms with E-state index in [1.54, 1.807) is 17.5 Å². The average Bonchev–Trinajstić information content (AvgIpc) is 3.50. The zero-order chi connectivity index (χ0) is 21.7. The van der Waals surface area contributed by atoms with E-state index in [1.165, 1.54) is 40.0 Å². The summed E-state index contributed by atoms with van der Waals surface area (Å²) >= 11 is 4.37. The van der Waals surface area contributed by atoms with E-state index in [0.717, 1.165) is 46.8 Å². The van der Waals surface area contributed by atoms with Crippen molar-refractivity contribution in [2.75, 3.05) is 0 Å². The van der Waals surface area contributed by atoms with Crippen LogP contribution in [0, 0.1) is 30.6 Å². The Morgan fingerprint density at radius 1 is 1.32 bits per heavy atom. The van der Waals surface area contributed by atoms with Gasteiger partial charge in [0.2, 0.25) is 0 Å². The number of rotatable bonds is 3. The van der Waals surface area contributed by atoms with Gasteiger partial charge in [-0.15, -0.1) is 22.7 Å². The van der Waals surface area contributed by atoms with Crippen LogP contribution in [-0.4, -0.2) is 20.4 Å². The quantitative estimate of drug-likeness (QED) is 0.498. The van der Waals surface area contributed by atoms with Gasteiger partial charge in [-0.05, 0) is 62.8 Å². The van der Waals surface area contributed by atoms with Crippen molar-refractivity contribution in [3.63, 3.8) is 0 Å². The van der Waals surface area contributed by atoms with E-state index in [1.807, 2.05) is 25.3 Å². The highest BCUT2D eigenvalue weighted by Crippen LogP contribution is 2.42. The Balaban J connectivity index is 1.55. The molecule has 4 heterocycles. The number of ketones is 1. The lowest BCUT2D eigenvalue weighted by atomic mass is 9.96. The van der Waals surface area contributed by atoms with Crippen molar-refractivity contribution in [1.29, 1.82) is 10.7 Å². The van der Waals surface area contributed by atoms with Gasteiger partial charge in [-0.1, -0.05) is 11.8 Å². The topological polar surface area (TPSA) is 82.5 Å². The molecule has 1 N–H and O–H groups in total. The highest BCUT2D eigenvalue weighted by Gasteiger charge is 2.38. The molecule has 1 aliphatic heterocycles. The van der Waals surface area contributed by atoms with Crippen molar-refractivity contribution in [2.45, 2.75) is 45.4 Å². The van der Waals surface area contributed by atoms with Gasteiger partial charge < -0.3 is 4.57 Å². The molecule has 1 aliphatic carbocycles. The summed E-state index contributed by atoms with van der Waals surface area (Å²) in [6, 6.07) is 4.52. The third-order valence-electron chi connectivity index (χ3n) is 5.91. The second-order valence-electron chi connectivity index (χ2n) is 7.81. The van der Waals surface area contributed by atoms with Gasteiger partial charge >= 0.3 is 0 Å². The van der Waals surface area contributed by atoms with E-state index < -0.39 is 5.92 Å². The van der Waals surface area contributed by atoms with Crippen LogP contribution in [0.25, 0.3) is 11.1 Å². The number of allylic oxidation sites excluding steroid dienone is 1. The van der Waals surface area contributed by atoms with Gasteiger partial charge in [0.25, 0.3) is 0 Å². The van der Waals surface area contributed by atoms with Gasteiger partial charge in [0, 0.05) is 27.8 Å². The third-order valence-corrected chi connectivity index (χ3v) is 9.02. The number of nitriles is 1. The summed E-state index contributed by atoms with van der Waals surface area (Å²) in [5, 5.41) is 22.0. The summed E-state index contributed by atoms with van der Waals surface area (Å²) in [5.41, 5.74) is 5.04. The number of aromatic nitrogens is 2. The Morgan fingerprint density at radius 2 is 2.13 bits per heavy atom. The third kappa shape index (κ3) is 3.32. The molecule has 0 spiro atoms. The molecule has 2 aliphatic rings. The molecule has 0 aromatic carbocycles. The molecule has 31 heavy (non-hydrogen) atoms. The van der Waals surface area contributed by atoms with Gasteiger partial charge in [0.15, 0.2) is 5.78 Å². The maximum Gasteiger partial charge on any atom is 0.186 e. The standard InChI is InChI=1S/C23H20N4OS3/c1-12-9-14(10-18-20(28)19(21(25)30-18)22-26-7-8-29-22)13(2)27(12)23-16(11-24)15-5-3-4-6-17(15)31-23/h7-10,19,25H,3-6H2,1-2H3/b18-10-,25-21?/t19-/m0/s1. The maximum absolute atomic E-state index is 13.0. The van der Waals surface area contributed by atoms with Crippen LogP contribution in [-0.2, 0) is 17.6 Å². The molecule has 0 unspecified atom stereocenters. The summed E-state index contributed by atoms with van der Waals surface area (Å²) in [6.07, 6.45) is 7.93. The van der Waals surface area contributed by atoms with Crippen molar-refractivity contribution >= 4 is 51.3 Å². The fraction of sp³-hybridized carbons (Fsp3) is 0.304. The Hall–Kier alpha value is -2.47. The Bertz CT molecular complexity index is 1290. The number of carbonyl (C=O) groups is 1. The number of carbonyl (C=O) groups excluding carboxylic acids is 1. The summed E-state index contributed by atoms with van der Waals surface area (Å²) < 4.78 is 2.15. The first kappa shape index (κ1) is 20.4. The molecule has 5 nitrogen and oxygen atoms in total. The molecular formula is C23H20N4OS3. The zero-order valence-electron chi connectivity index (χ0n) is 17.2. The van der Waals surface area contributed by atoms with Crippen LogP contribution in [0.2, 0.25) is 0 Å². The van der Waals surface area contributed by atoms with E-state index in [9.17, 15) is 10.1 Å². The van der Waals surface area contributed by atoms with E-state index in [-0.39, 0.29) is 5.78 Å². The fourth-order valence-electron chi connectivity index (χ4n) is 4.40. The normalized spacial score (nSPS) is 19.8. The van der Waals surface area contributed by atoms with Gasteiger partial charge in [0.05, 0.1) is 15.5 Å². The first-order valence-corrected chi connectivity index (χ1v) is 12.7. The number of nitrogens with one attached hydrogen (secondary N) is 1. The smallest absolute Gasteiger partial charge is 0.186 e. The maximum atomic E-state index is 13.0. The minimum absolute atomic E-state index is 0.0564. The average molecular weight is 465 g/mol. The highest BCUT2D eigenvalue weighted by molar-refractivity contribution is 8.19. The molecule has 0 amide bonds. The van der Waals surface area contributed by atoms with E-state index in [2.05, 4.69) is 21.7 Å². The second-order valence-corrected chi connectivity index (χ2v) is 10.9. The minimum Gasteiger partial charge on any atom is -0.308 e. The number of nitrogens with zero attached hydrogens (tertiary/aromatic N) is 3. The highest BCUT2D eigenvalue weighted by atomic mass is 32.2. The van der Waals surface area contributed by atoms with Crippen LogP contribution in [0.4, 0.5) is 0 Å². The SMILES string of the molecule is Cc1cc(/C=C2\SC(=N)[C@@H](c3nccs3)C2=O)c(C)n1-c1sc2c(c1C#N)CCCC2. The van der Waals surface area contributed by atoms with Gasteiger partial charge in [0.1, 0.15) is 22.0 Å². The molecule has 1 saturated heterocycles. The van der Waals surface area contributed by atoms with Crippen LogP contribution in [0.5, 0.6) is 0 Å². The lowest BCUT2D eigenvalue weighted by Crippen LogP contribution is -2.11. The molecule has 3 aromatic rings. The Labute approximate surface area is 193 Å². The van der Waals surface area contributed by atoms with Crippen LogP contribution in [0.3, 0.4) is 0 Å². The Kier molecular flexibility index (Phi) is 5.21. The largest absolute Gasteiger partial charge is 0.308 e. The van der Waals surface area contributed by atoms with Gasteiger partial charge in [-0.25, -0.2) is 4.98 Å². The predicted molar refractivity (Wildman–Crippen MR) is 128 cm³/mol. The first-order chi connectivity index (χ1) is 15.0.